The summed E-state index contributed by atoms with van der Waals surface area (Å²) < 4.78 is 28.0. The van der Waals surface area contributed by atoms with E-state index in [1.54, 1.807) is 20.8 Å². The van der Waals surface area contributed by atoms with E-state index >= 15 is 0 Å². The number of sulfone groups is 1. The Morgan fingerprint density at radius 3 is 2.53 bits per heavy atom. The Morgan fingerprint density at radius 1 is 1.41 bits per heavy atom. The van der Waals surface area contributed by atoms with Crippen molar-refractivity contribution in [2.24, 2.45) is 0 Å². The second-order valence-corrected chi connectivity index (χ2v) is 8.50. The van der Waals surface area contributed by atoms with E-state index in [1.807, 2.05) is 0 Å². The van der Waals surface area contributed by atoms with E-state index in [9.17, 15) is 13.5 Å². The highest BCUT2D eigenvalue weighted by molar-refractivity contribution is 7.92. The van der Waals surface area contributed by atoms with Gasteiger partial charge in [0.2, 0.25) is 0 Å². The lowest BCUT2D eigenvalue weighted by atomic mass is 10.0. The minimum Gasteiger partial charge on any atom is -0.386 e. The summed E-state index contributed by atoms with van der Waals surface area (Å²) in [5, 5.41) is 12.9. The fourth-order valence-electron chi connectivity index (χ4n) is 1.57. The smallest absolute Gasteiger partial charge is 0.156 e. The molecule has 0 saturated carbocycles. The highest BCUT2D eigenvalue weighted by Gasteiger charge is 2.32. The molecule has 6 heteroatoms. The lowest BCUT2D eigenvalue weighted by Crippen LogP contribution is -2.43. The van der Waals surface area contributed by atoms with Gasteiger partial charge in [-0.2, -0.15) is 0 Å². The summed E-state index contributed by atoms with van der Waals surface area (Å²) in [5.74, 6) is 0.0907. The first-order valence-corrected chi connectivity index (χ1v) is 7.55. The van der Waals surface area contributed by atoms with Gasteiger partial charge in [-0.25, -0.2) is 8.42 Å². The predicted octanol–water partition coefficient (Wildman–Crippen LogP) is -0.0593. The second-order valence-electron chi connectivity index (χ2n) is 5.63. The normalized spacial score (nSPS) is 26.4. The standard InChI is InChI=1S/C11H23NO4S/c1-10(2,3)17(14,15)7-5-12-8-11(13)4-6-16-9-11/h12-13H,4-9H2,1-3H3. The molecule has 0 spiro atoms. The first-order valence-electron chi connectivity index (χ1n) is 5.89. The van der Waals surface area contributed by atoms with Gasteiger partial charge in [-0.3, -0.25) is 0 Å². The van der Waals surface area contributed by atoms with E-state index in [-0.39, 0.29) is 5.75 Å². The quantitative estimate of drug-likeness (QED) is 0.681. The van der Waals surface area contributed by atoms with Crippen LogP contribution in [-0.2, 0) is 14.6 Å². The van der Waals surface area contributed by atoms with Gasteiger partial charge in [0.25, 0.3) is 0 Å². The van der Waals surface area contributed by atoms with E-state index < -0.39 is 20.2 Å². The predicted molar refractivity (Wildman–Crippen MR) is 66.8 cm³/mol. The molecule has 17 heavy (non-hydrogen) atoms. The molecule has 102 valence electrons. The van der Waals surface area contributed by atoms with Crippen LogP contribution >= 0.6 is 0 Å². The average molecular weight is 265 g/mol. The number of aliphatic hydroxyl groups is 1. The van der Waals surface area contributed by atoms with Crippen molar-refractivity contribution in [3.05, 3.63) is 0 Å². The van der Waals surface area contributed by atoms with Crippen LogP contribution in [0.15, 0.2) is 0 Å². The van der Waals surface area contributed by atoms with Crippen LogP contribution in [0.5, 0.6) is 0 Å². The van der Waals surface area contributed by atoms with Gasteiger partial charge in [0.1, 0.15) is 5.60 Å². The molecule has 1 heterocycles. The van der Waals surface area contributed by atoms with E-state index in [2.05, 4.69) is 5.32 Å². The zero-order chi connectivity index (χ0) is 13.2. The summed E-state index contributed by atoms with van der Waals surface area (Å²) in [7, 11) is -3.09. The molecule has 2 N–H and O–H groups in total. The molecule has 5 nitrogen and oxygen atoms in total. The third-order valence-electron chi connectivity index (χ3n) is 3.02. The Balaban J connectivity index is 2.29. The van der Waals surface area contributed by atoms with Crippen molar-refractivity contribution in [2.75, 3.05) is 32.1 Å². The third kappa shape index (κ3) is 4.21. The van der Waals surface area contributed by atoms with Gasteiger partial charge in [-0.05, 0) is 20.8 Å². The van der Waals surface area contributed by atoms with Crippen LogP contribution in [0, 0.1) is 0 Å². The maximum absolute atomic E-state index is 11.8. The fraction of sp³-hybridized carbons (Fsp3) is 1.00. The molecular weight excluding hydrogens is 242 g/mol. The summed E-state index contributed by atoms with van der Waals surface area (Å²) in [4.78, 5) is 0. The third-order valence-corrected chi connectivity index (χ3v) is 5.62. The first-order chi connectivity index (χ1) is 7.66. The van der Waals surface area contributed by atoms with Crippen LogP contribution in [-0.4, -0.2) is 55.9 Å². The zero-order valence-electron chi connectivity index (χ0n) is 10.8. The molecule has 1 unspecified atom stereocenters. The van der Waals surface area contributed by atoms with E-state index in [4.69, 9.17) is 4.74 Å². The highest BCUT2D eigenvalue weighted by Crippen LogP contribution is 2.17. The number of rotatable bonds is 5. The van der Waals surface area contributed by atoms with Crippen LogP contribution < -0.4 is 5.32 Å². The van der Waals surface area contributed by atoms with E-state index in [1.165, 1.54) is 0 Å². The molecule has 0 aromatic heterocycles. The molecule has 1 fully saturated rings. The number of ether oxygens (including phenoxy) is 1. The molecule has 0 radical (unpaired) electrons. The molecular formula is C11H23NO4S. The first kappa shape index (κ1) is 14.9. The summed E-state index contributed by atoms with van der Waals surface area (Å²) in [6.07, 6.45) is 0.603. The maximum Gasteiger partial charge on any atom is 0.156 e. The summed E-state index contributed by atoms with van der Waals surface area (Å²) in [5.41, 5.74) is -0.828. The SMILES string of the molecule is CC(C)(C)S(=O)(=O)CCNCC1(O)CCOC1. The monoisotopic (exact) mass is 265 g/mol. The van der Waals surface area contributed by atoms with Crippen LogP contribution in [0.4, 0.5) is 0 Å². The van der Waals surface area contributed by atoms with Crippen molar-refractivity contribution in [1.29, 1.82) is 0 Å². The summed E-state index contributed by atoms with van der Waals surface area (Å²) in [6, 6.07) is 0. The molecule has 1 aliphatic heterocycles. The zero-order valence-corrected chi connectivity index (χ0v) is 11.6. The fourth-order valence-corrected chi connectivity index (χ4v) is 2.60. The highest BCUT2D eigenvalue weighted by atomic mass is 32.2. The lowest BCUT2D eigenvalue weighted by molar-refractivity contribution is 0.0276. The molecule has 1 aliphatic rings. The van der Waals surface area contributed by atoms with Crippen LogP contribution in [0.1, 0.15) is 27.2 Å². The average Bonchev–Trinajstić information content (AvgIpc) is 2.59. The van der Waals surface area contributed by atoms with Crippen molar-refractivity contribution in [3.8, 4) is 0 Å². The Labute approximate surface area is 103 Å². The second kappa shape index (κ2) is 5.22. The molecule has 0 amide bonds. The minimum atomic E-state index is -3.09. The van der Waals surface area contributed by atoms with Crippen molar-refractivity contribution >= 4 is 9.84 Å². The molecule has 1 rings (SSSR count). The molecule has 1 atom stereocenters. The maximum atomic E-state index is 11.8. The molecule has 0 bridgehead atoms. The summed E-state index contributed by atoms with van der Waals surface area (Å²) >= 11 is 0. The number of hydrogen-bond donors (Lipinski definition) is 2. The lowest BCUT2D eigenvalue weighted by Gasteiger charge is -2.22. The number of hydrogen-bond acceptors (Lipinski definition) is 5. The molecule has 1 saturated heterocycles. The molecule has 0 aromatic carbocycles. The minimum absolute atomic E-state index is 0.0907. The molecule has 0 aromatic rings. The van der Waals surface area contributed by atoms with Gasteiger partial charge in [-0.1, -0.05) is 0 Å². The number of nitrogens with one attached hydrogen (secondary N) is 1. The van der Waals surface area contributed by atoms with Gasteiger partial charge in [0.15, 0.2) is 9.84 Å². The van der Waals surface area contributed by atoms with Gasteiger partial charge >= 0.3 is 0 Å². The van der Waals surface area contributed by atoms with Crippen molar-refractivity contribution in [2.45, 2.75) is 37.5 Å². The van der Waals surface area contributed by atoms with Gasteiger partial charge < -0.3 is 15.2 Å². The Bertz CT molecular complexity index is 339. The largest absolute Gasteiger partial charge is 0.386 e. The van der Waals surface area contributed by atoms with Crippen molar-refractivity contribution < 1.29 is 18.3 Å². The van der Waals surface area contributed by atoms with E-state index in [0.717, 1.165) is 0 Å². The van der Waals surface area contributed by atoms with Gasteiger partial charge in [0, 0.05) is 26.1 Å². The van der Waals surface area contributed by atoms with Crippen LogP contribution in [0.2, 0.25) is 0 Å². The Hall–Kier alpha value is -0.170. The van der Waals surface area contributed by atoms with Crippen molar-refractivity contribution in [1.82, 2.24) is 5.32 Å². The van der Waals surface area contributed by atoms with Gasteiger partial charge in [-0.15, -0.1) is 0 Å². The van der Waals surface area contributed by atoms with E-state index in [0.29, 0.717) is 32.7 Å². The van der Waals surface area contributed by atoms with Crippen LogP contribution in [0.3, 0.4) is 0 Å². The topological polar surface area (TPSA) is 75.6 Å². The van der Waals surface area contributed by atoms with Gasteiger partial charge in [0.05, 0.1) is 17.1 Å². The Kier molecular flexibility index (Phi) is 4.57. The Morgan fingerprint density at radius 2 is 2.06 bits per heavy atom. The van der Waals surface area contributed by atoms with Crippen LogP contribution in [0.25, 0.3) is 0 Å². The van der Waals surface area contributed by atoms with Crippen molar-refractivity contribution in [3.63, 3.8) is 0 Å². The summed E-state index contributed by atoms with van der Waals surface area (Å²) in [6.45, 7) is 6.72. The molecule has 0 aliphatic carbocycles.